The predicted molar refractivity (Wildman–Crippen MR) is 102 cm³/mol. The van der Waals surface area contributed by atoms with E-state index in [9.17, 15) is 14.7 Å². The van der Waals surface area contributed by atoms with Gasteiger partial charge in [-0.05, 0) is 38.3 Å². The van der Waals surface area contributed by atoms with Gasteiger partial charge in [0.25, 0.3) is 0 Å². The van der Waals surface area contributed by atoms with Crippen molar-refractivity contribution in [3.05, 3.63) is 39.9 Å². The van der Waals surface area contributed by atoms with Crippen LogP contribution in [0.1, 0.15) is 42.7 Å². The standard InChI is InChI=1S/C19H24N2O4S/c1-6-16(23)18(24)25-9-15-10-26-19(20-15)21(14(5)22)17-12(3)7-11(2)8-13(17)4/h7-8,10,16,23H,6,9H2,1-5H3/t16-/m0/s1. The molecule has 26 heavy (non-hydrogen) atoms. The molecule has 7 heteroatoms. The SMILES string of the molecule is CC[C@H](O)C(=O)OCc1csc(N(C(C)=O)c2c(C)cc(C)cc2C)n1. The van der Waals surface area contributed by atoms with Crippen LogP contribution in [0, 0.1) is 20.8 Å². The normalized spacial score (nSPS) is 11.9. The van der Waals surface area contributed by atoms with E-state index in [-0.39, 0.29) is 12.5 Å². The number of aromatic nitrogens is 1. The second kappa shape index (κ2) is 8.42. The van der Waals surface area contributed by atoms with E-state index in [4.69, 9.17) is 4.74 Å². The number of carbonyl (C=O) groups is 2. The van der Waals surface area contributed by atoms with Crippen molar-refractivity contribution < 1.29 is 19.4 Å². The van der Waals surface area contributed by atoms with Crippen molar-refractivity contribution in [2.24, 2.45) is 0 Å². The van der Waals surface area contributed by atoms with Gasteiger partial charge < -0.3 is 9.84 Å². The first-order valence-electron chi connectivity index (χ1n) is 8.42. The third-order valence-corrected chi connectivity index (χ3v) is 4.80. The number of hydrogen-bond donors (Lipinski definition) is 1. The highest BCUT2D eigenvalue weighted by molar-refractivity contribution is 7.14. The Kier molecular flexibility index (Phi) is 6.50. The van der Waals surface area contributed by atoms with Gasteiger partial charge in [0.15, 0.2) is 11.2 Å². The highest BCUT2D eigenvalue weighted by Crippen LogP contribution is 2.34. The molecule has 2 rings (SSSR count). The summed E-state index contributed by atoms with van der Waals surface area (Å²) < 4.78 is 5.05. The molecule has 0 unspecified atom stereocenters. The van der Waals surface area contributed by atoms with Gasteiger partial charge in [0, 0.05) is 12.3 Å². The van der Waals surface area contributed by atoms with Gasteiger partial charge in [-0.3, -0.25) is 9.69 Å². The Morgan fingerprint density at radius 1 is 1.27 bits per heavy atom. The number of thiazole rings is 1. The minimum atomic E-state index is -1.13. The third-order valence-electron chi connectivity index (χ3n) is 3.93. The van der Waals surface area contributed by atoms with Gasteiger partial charge in [-0.15, -0.1) is 11.3 Å². The van der Waals surface area contributed by atoms with Crippen LogP contribution in [0.15, 0.2) is 17.5 Å². The van der Waals surface area contributed by atoms with Crippen molar-refractivity contribution in [3.8, 4) is 0 Å². The van der Waals surface area contributed by atoms with Crippen molar-refractivity contribution in [3.63, 3.8) is 0 Å². The number of aliphatic hydroxyl groups is 1. The number of esters is 1. The summed E-state index contributed by atoms with van der Waals surface area (Å²) in [6.45, 7) is 9.11. The topological polar surface area (TPSA) is 79.7 Å². The monoisotopic (exact) mass is 376 g/mol. The van der Waals surface area contributed by atoms with E-state index < -0.39 is 12.1 Å². The summed E-state index contributed by atoms with van der Waals surface area (Å²) >= 11 is 1.31. The van der Waals surface area contributed by atoms with Crippen LogP contribution in [-0.2, 0) is 20.9 Å². The van der Waals surface area contributed by atoms with E-state index in [1.54, 1.807) is 17.2 Å². The number of anilines is 2. The zero-order valence-corrected chi connectivity index (χ0v) is 16.5. The van der Waals surface area contributed by atoms with E-state index in [2.05, 4.69) is 4.98 Å². The molecule has 2 aromatic rings. The minimum Gasteiger partial charge on any atom is -0.457 e. The maximum atomic E-state index is 12.3. The lowest BCUT2D eigenvalue weighted by atomic mass is 10.0. The van der Waals surface area contributed by atoms with E-state index >= 15 is 0 Å². The van der Waals surface area contributed by atoms with Gasteiger partial charge in [0.05, 0.1) is 11.4 Å². The maximum absolute atomic E-state index is 12.3. The molecule has 0 aliphatic heterocycles. The summed E-state index contributed by atoms with van der Waals surface area (Å²) in [4.78, 5) is 29.9. The van der Waals surface area contributed by atoms with Gasteiger partial charge in [0.2, 0.25) is 5.91 Å². The number of hydrogen-bond acceptors (Lipinski definition) is 6. The lowest BCUT2D eigenvalue weighted by Crippen LogP contribution is -2.24. The average molecular weight is 376 g/mol. The fourth-order valence-electron chi connectivity index (χ4n) is 2.79. The molecule has 1 aromatic carbocycles. The molecule has 1 amide bonds. The average Bonchev–Trinajstić information content (AvgIpc) is 3.02. The van der Waals surface area contributed by atoms with Gasteiger partial charge in [0.1, 0.15) is 6.61 Å². The van der Waals surface area contributed by atoms with Crippen molar-refractivity contribution in [1.29, 1.82) is 0 Å². The van der Waals surface area contributed by atoms with Crippen LogP contribution in [0.3, 0.4) is 0 Å². The molecule has 1 atom stereocenters. The molecule has 140 valence electrons. The summed E-state index contributed by atoms with van der Waals surface area (Å²) in [6, 6.07) is 4.06. The Labute approximate surface area is 157 Å². The molecular weight excluding hydrogens is 352 g/mol. The number of aryl methyl sites for hydroxylation is 3. The molecule has 1 N–H and O–H groups in total. The smallest absolute Gasteiger partial charge is 0.335 e. The van der Waals surface area contributed by atoms with Crippen LogP contribution in [0.5, 0.6) is 0 Å². The largest absolute Gasteiger partial charge is 0.457 e. The van der Waals surface area contributed by atoms with E-state index in [1.165, 1.54) is 18.3 Å². The van der Waals surface area contributed by atoms with Crippen molar-refractivity contribution in [1.82, 2.24) is 4.98 Å². The fraction of sp³-hybridized carbons (Fsp3) is 0.421. The van der Waals surface area contributed by atoms with Crippen LogP contribution in [0.25, 0.3) is 0 Å². The summed E-state index contributed by atoms with van der Waals surface area (Å²) in [7, 11) is 0. The second-order valence-electron chi connectivity index (χ2n) is 6.25. The summed E-state index contributed by atoms with van der Waals surface area (Å²) in [5, 5.41) is 11.7. The molecule has 0 saturated carbocycles. The lowest BCUT2D eigenvalue weighted by Gasteiger charge is -2.23. The molecule has 0 fully saturated rings. The number of rotatable bonds is 6. The molecule has 0 radical (unpaired) electrons. The van der Waals surface area contributed by atoms with Gasteiger partial charge in [-0.1, -0.05) is 24.6 Å². The first-order valence-corrected chi connectivity index (χ1v) is 9.30. The summed E-state index contributed by atoms with van der Waals surface area (Å²) in [5.41, 5.74) is 4.48. The predicted octanol–water partition coefficient (Wildman–Crippen LogP) is 3.57. The molecule has 6 nitrogen and oxygen atoms in total. The molecule has 0 saturated heterocycles. The second-order valence-corrected chi connectivity index (χ2v) is 7.09. The molecule has 0 aliphatic carbocycles. The Balaban J connectivity index is 2.27. The van der Waals surface area contributed by atoms with Crippen LogP contribution in [0.4, 0.5) is 10.8 Å². The van der Waals surface area contributed by atoms with Crippen molar-refractivity contribution in [2.45, 2.75) is 53.8 Å². The Morgan fingerprint density at radius 3 is 2.42 bits per heavy atom. The quantitative estimate of drug-likeness (QED) is 0.780. The molecule has 0 spiro atoms. The highest BCUT2D eigenvalue weighted by atomic mass is 32.1. The van der Waals surface area contributed by atoms with E-state index in [0.717, 1.165) is 22.4 Å². The molecular formula is C19H24N2O4S. The number of nitrogens with zero attached hydrogens (tertiary/aromatic N) is 2. The number of aliphatic hydroxyl groups excluding tert-OH is 1. The zero-order chi connectivity index (χ0) is 19.4. The van der Waals surface area contributed by atoms with E-state index in [1.807, 2.05) is 32.9 Å². The molecule has 1 aromatic heterocycles. The van der Waals surface area contributed by atoms with Crippen molar-refractivity contribution in [2.75, 3.05) is 4.90 Å². The number of amides is 1. The molecule has 1 heterocycles. The van der Waals surface area contributed by atoms with Gasteiger partial charge >= 0.3 is 5.97 Å². The zero-order valence-electron chi connectivity index (χ0n) is 15.7. The summed E-state index contributed by atoms with van der Waals surface area (Å²) in [5.74, 6) is -0.810. The molecule has 0 aliphatic rings. The van der Waals surface area contributed by atoms with Gasteiger partial charge in [-0.25, -0.2) is 9.78 Å². The fourth-order valence-corrected chi connectivity index (χ4v) is 3.64. The van der Waals surface area contributed by atoms with Gasteiger partial charge in [-0.2, -0.15) is 0 Å². The molecule has 0 bridgehead atoms. The minimum absolute atomic E-state index is 0.0377. The van der Waals surface area contributed by atoms with Crippen LogP contribution in [-0.4, -0.2) is 28.1 Å². The van der Waals surface area contributed by atoms with Crippen LogP contribution < -0.4 is 4.90 Å². The third kappa shape index (κ3) is 4.47. The summed E-state index contributed by atoms with van der Waals surface area (Å²) in [6.07, 6.45) is -0.828. The Hall–Kier alpha value is -2.25. The highest BCUT2D eigenvalue weighted by Gasteiger charge is 2.22. The number of ether oxygens (including phenoxy) is 1. The van der Waals surface area contributed by atoms with Crippen LogP contribution >= 0.6 is 11.3 Å². The number of carbonyl (C=O) groups excluding carboxylic acids is 2. The first kappa shape index (κ1) is 20.1. The lowest BCUT2D eigenvalue weighted by molar-refractivity contribution is -0.155. The first-order chi connectivity index (χ1) is 12.2. The Bertz CT molecular complexity index is 793. The van der Waals surface area contributed by atoms with E-state index in [0.29, 0.717) is 17.2 Å². The van der Waals surface area contributed by atoms with Crippen LogP contribution in [0.2, 0.25) is 0 Å². The Morgan fingerprint density at radius 2 is 1.88 bits per heavy atom. The number of benzene rings is 1. The van der Waals surface area contributed by atoms with Crippen molar-refractivity contribution >= 4 is 34.0 Å². The maximum Gasteiger partial charge on any atom is 0.335 e.